The molecular weight excluding hydrogens is 256 g/mol. The average molecular weight is 276 g/mol. The van der Waals surface area contributed by atoms with Gasteiger partial charge in [0.15, 0.2) is 0 Å². The molecule has 1 amide bonds. The third-order valence-corrected chi connectivity index (χ3v) is 2.72. The van der Waals surface area contributed by atoms with Crippen molar-refractivity contribution < 1.29 is 14.3 Å². The molecule has 1 N–H and O–H groups in total. The standard InChI is InChI=1S/C15H20N2O3/c1-19-10-11-20-9-8-17-15(18)7-6-13-2-4-14(12-16)5-3-13/h2-5H,6-11H2,1H3,(H,17,18). The predicted molar refractivity (Wildman–Crippen MR) is 75.2 cm³/mol. The SMILES string of the molecule is COCCOCCNC(=O)CCc1ccc(C#N)cc1. The number of aryl methyl sites for hydroxylation is 1. The monoisotopic (exact) mass is 276 g/mol. The van der Waals surface area contributed by atoms with Gasteiger partial charge < -0.3 is 14.8 Å². The summed E-state index contributed by atoms with van der Waals surface area (Å²) in [6.45, 7) is 2.10. The van der Waals surface area contributed by atoms with Crippen LogP contribution in [0.15, 0.2) is 24.3 Å². The first-order valence-electron chi connectivity index (χ1n) is 6.58. The maximum Gasteiger partial charge on any atom is 0.220 e. The molecule has 0 saturated carbocycles. The van der Waals surface area contributed by atoms with Gasteiger partial charge in [-0.25, -0.2) is 0 Å². The van der Waals surface area contributed by atoms with E-state index in [9.17, 15) is 4.79 Å². The van der Waals surface area contributed by atoms with Gasteiger partial charge in [0.1, 0.15) is 0 Å². The van der Waals surface area contributed by atoms with Gasteiger partial charge in [0.25, 0.3) is 0 Å². The van der Waals surface area contributed by atoms with Crippen LogP contribution in [0.25, 0.3) is 0 Å². The highest BCUT2D eigenvalue weighted by atomic mass is 16.5. The third kappa shape index (κ3) is 6.88. The van der Waals surface area contributed by atoms with Crippen molar-refractivity contribution in [1.82, 2.24) is 5.32 Å². The minimum atomic E-state index is 0.00435. The lowest BCUT2D eigenvalue weighted by molar-refractivity contribution is -0.121. The van der Waals surface area contributed by atoms with Crippen LogP contribution in [0.1, 0.15) is 17.5 Å². The molecule has 5 nitrogen and oxygen atoms in total. The Morgan fingerprint density at radius 2 is 2.00 bits per heavy atom. The highest BCUT2D eigenvalue weighted by Crippen LogP contribution is 2.05. The molecule has 1 rings (SSSR count). The van der Waals surface area contributed by atoms with Crippen LogP contribution in [-0.2, 0) is 20.7 Å². The van der Waals surface area contributed by atoms with E-state index in [1.165, 1.54) is 0 Å². The van der Waals surface area contributed by atoms with Gasteiger partial charge in [0.2, 0.25) is 5.91 Å². The lowest BCUT2D eigenvalue weighted by Crippen LogP contribution is -2.27. The van der Waals surface area contributed by atoms with Crippen LogP contribution >= 0.6 is 0 Å². The van der Waals surface area contributed by atoms with Crippen LogP contribution in [0.2, 0.25) is 0 Å². The Morgan fingerprint density at radius 1 is 1.25 bits per heavy atom. The molecule has 0 aromatic heterocycles. The van der Waals surface area contributed by atoms with Crippen molar-refractivity contribution in [3.05, 3.63) is 35.4 Å². The fourth-order valence-electron chi connectivity index (χ4n) is 1.60. The lowest BCUT2D eigenvalue weighted by atomic mass is 10.1. The summed E-state index contributed by atoms with van der Waals surface area (Å²) >= 11 is 0. The van der Waals surface area contributed by atoms with Gasteiger partial charge in [-0.2, -0.15) is 5.26 Å². The summed E-state index contributed by atoms with van der Waals surface area (Å²) in [7, 11) is 1.62. The molecule has 20 heavy (non-hydrogen) atoms. The first-order valence-corrected chi connectivity index (χ1v) is 6.58. The van der Waals surface area contributed by atoms with Gasteiger partial charge in [0.05, 0.1) is 31.5 Å². The molecule has 0 saturated heterocycles. The van der Waals surface area contributed by atoms with Crippen molar-refractivity contribution in [2.75, 3.05) is 33.5 Å². The van der Waals surface area contributed by atoms with Crippen molar-refractivity contribution in [1.29, 1.82) is 5.26 Å². The van der Waals surface area contributed by atoms with E-state index in [4.69, 9.17) is 14.7 Å². The molecule has 0 fully saturated rings. The molecule has 0 aliphatic carbocycles. The first-order chi connectivity index (χ1) is 9.76. The van der Waals surface area contributed by atoms with Crippen LogP contribution in [0.5, 0.6) is 0 Å². The van der Waals surface area contributed by atoms with Crippen molar-refractivity contribution in [3.8, 4) is 6.07 Å². The van der Waals surface area contributed by atoms with Crippen LogP contribution in [0.3, 0.4) is 0 Å². The molecule has 0 aliphatic heterocycles. The largest absolute Gasteiger partial charge is 0.382 e. The van der Waals surface area contributed by atoms with E-state index < -0.39 is 0 Å². The fourth-order valence-corrected chi connectivity index (χ4v) is 1.60. The van der Waals surface area contributed by atoms with Crippen LogP contribution in [-0.4, -0.2) is 39.4 Å². The maximum atomic E-state index is 11.6. The summed E-state index contributed by atoms with van der Waals surface area (Å²) in [5.74, 6) is 0.00435. The van der Waals surface area contributed by atoms with Crippen LogP contribution in [0, 0.1) is 11.3 Å². The highest BCUT2D eigenvalue weighted by molar-refractivity contribution is 5.76. The van der Waals surface area contributed by atoms with E-state index in [1.54, 1.807) is 19.2 Å². The van der Waals surface area contributed by atoms with E-state index in [1.807, 2.05) is 12.1 Å². The number of hydrogen-bond acceptors (Lipinski definition) is 4. The zero-order valence-corrected chi connectivity index (χ0v) is 11.7. The summed E-state index contributed by atoms with van der Waals surface area (Å²) in [6.07, 6.45) is 1.10. The Kier molecular flexibility index (Phi) is 8.04. The molecular formula is C15H20N2O3. The molecule has 0 heterocycles. The van der Waals surface area contributed by atoms with Gasteiger partial charge in [-0.3, -0.25) is 4.79 Å². The molecule has 0 unspecified atom stereocenters. The number of amides is 1. The Hall–Kier alpha value is -1.90. The summed E-state index contributed by atoms with van der Waals surface area (Å²) in [5, 5.41) is 11.5. The number of ether oxygens (including phenoxy) is 2. The average Bonchev–Trinajstić information content (AvgIpc) is 2.49. The minimum absolute atomic E-state index is 0.00435. The Labute approximate surface area is 119 Å². The summed E-state index contributed by atoms with van der Waals surface area (Å²) in [6, 6.07) is 9.34. The Bertz CT molecular complexity index is 437. The Balaban J connectivity index is 2.11. The fraction of sp³-hybridized carbons (Fsp3) is 0.467. The number of carbonyl (C=O) groups excluding carboxylic acids is 1. The summed E-state index contributed by atoms with van der Waals surface area (Å²) in [5.41, 5.74) is 1.68. The number of carbonyl (C=O) groups is 1. The molecule has 5 heteroatoms. The van der Waals surface area contributed by atoms with Crippen LogP contribution in [0.4, 0.5) is 0 Å². The first kappa shape index (κ1) is 16.2. The van der Waals surface area contributed by atoms with Crippen LogP contribution < -0.4 is 5.32 Å². The van der Waals surface area contributed by atoms with Gasteiger partial charge in [0, 0.05) is 20.1 Å². The smallest absolute Gasteiger partial charge is 0.220 e. The van der Waals surface area contributed by atoms with Gasteiger partial charge in [-0.1, -0.05) is 12.1 Å². The normalized spacial score (nSPS) is 10.0. The molecule has 0 bridgehead atoms. The highest BCUT2D eigenvalue weighted by Gasteiger charge is 2.02. The number of methoxy groups -OCH3 is 1. The number of nitrogens with zero attached hydrogens (tertiary/aromatic N) is 1. The van der Waals surface area contributed by atoms with Crippen molar-refractivity contribution >= 4 is 5.91 Å². The molecule has 1 aromatic rings. The molecule has 0 aliphatic rings. The Morgan fingerprint density at radius 3 is 2.65 bits per heavy atom. The van der Waals surface area contributed by atoms with E-state index in [-0.39, 0.29) is 5.91 Å². The molecule has 108 valence electrons. The zero-order valence-electron chi connectivity index (χ0n) is 11.7. The van der Waals surface area contributed by atoms with Gasteiger partial charge >= 0.3 is 0 Å². The third-order valence-electron chi connectivity index (χ3n) is 2.72. The quantitative estimate of drug-likeness (QED) is 0.689. The number of benzene rings is 1. The number of nitrogens with one attached hydrogen (secondary N) is 1. The van der Waals surface area contributed by atoms with E-state index >= 15 is 0 Å². The van der Waals surface area contributed by atoms with Gasteiger partial charge in [-0.15, -0.1) is 0 Å². The van der Waals surface area contributed by atoms with Crippen molar-refractivity contribution in [3.63, 3.8) is 0 Å². The molecule has 1 aromatic carbocycles. The van der Waals surface area contributed by atoms with E-state index in [2.05, 4.69) is 11.4 Å². The number of hydrogen-bond donors (Lipinski definition) is 1. The number of nitriles is 1. The molecule has 0 atom stereocenters. The molecule has 0 spiro atoms. The predicted octanol–water partition coefficient (Wildman–Crippen LogP) is 1.27. The van der Waals surface area contributed by atoms with Crippen molar-refractivity contribution in [2.45, 2.75) is 12.8 Å². The van der Waals surface area contributed by atoms with E-state index in [0.29, 0.717) is 44.8 Å². The van der Waals surface area contributed by atoms with E-state index in [0.717, 1.165) is 5.56 Å². The minimum Gasteiger partial charge on any atom is -0.382 e. The lowest BCUT2D eigenvalue weighted by Gasteiger charge is -2.06. The second kappa shape index (κ2) is 9.96. The topological polar surface area (TPSA) is 71.3 Å². The molecule has 0 radical (unpaired) electrons. The van der Waals surface area contributed by atoms with Crippen molar-refractivity contribution in [2.24, 2.45) is 0 Å². The second-order valence-corrected chi connectivity index (χ2v) is 4.26. The maximum absolute atomic E-state index is 11.6. The van der Waals surface area contributed by atoms with Gasteiger partial charge in [-0.05, 0) is 24.1 Å². The number of rotatable bonds is 9. The second-order valence-electron chi connectivity index (χ2n) is 4.26. The summed E-state index contributed by atoms with van der Waals surface area (Å²) < 4.78 is 10.1. The summed E-state index contributed by atoms with van der Waals surface area (Å²) in [4.78, 5) is 11.6. The zero-order chi connectivity index (χ0) is 14.6.